The largest absolute Gasteiger partial charge is 0.497 e. The van der Waals surface area contributed by atoms with Crippen molar-refractivity contribution in [2.24, 2.45) is 0 Å². The van der Waals surface area contributed by atoms with E-state index in [9.17, 15) is 18.7 Å². The number of benzene rings is 2. The molecule has 146 valence electrons. The second-order valence-corrected chi connectivity index (χ2v) is 6.48. The van der Waals surface area contributed by atoms with Gasteiger partial charge in [-0.3, -0.25) is 0 Å². The zero-order valence-corrected chi connectivity index (χ0v) is 15.3. The predicted molar refractivity (Wildman–Crippen MR) is 97.4 cm³/mol. The smallest absolute Gasteiger partial charge is 0.377 e. The van der Waals surface area contributed by atoms with Crippen LogP contribution < -0.4 is 10.1 Å². The van der Waals surface area contributed by atoms with E-state index >= 15 is 0 Å². The van der Waals surface area contributed by atoms with Gasteiger partial charge in [0.25, 0.3) is 0 Å². The lowest BCUT2D eigenvalue weighted by molar-refractivity contribution is -0.185. The van der Waals surface area contributed by atoms with Crippen LogP contribution >= 0.6 is 11.6 Å². The minimum absolute atomic E-state index is 0.0270. The van der Waals surface area contributed by atoms with E-state index in [-0.39, 0.29) is 13.0 Å². The molecule has 2 unspecified atom stereocenters. The molecule has 8 heteroatoms. The predicted octanol–water partition coefficient (Wildman–Crippen LogP) is 3.13. The third-order valence-corrected chi connectivity index (χ3v) is 4.34. The summed E-state index contributed by atoms with van der Waals surface area (Å²) in [4.78, 5) is 10.8. The Balaban J connectivity index is 2.18. The van der Waals surface area contributed by atoms with Crippen molar-refractivity contribution in [3.63, 3.8) is 0 Å². The van der Waals surface area contributed by atoms with Crippen molar-refractivity contribution in [3.8, 4) is 5.75 Å². The van der Waals surface area contributed by atoms with Crippen molar-refractivity contribution < 1.29 is 28.5 Å². The standard InChI is InChI=1S/C19H20ClF2NO4/c1-27-15-7-5-12(6-8-15)11-23-16(17(24)19(21,22)18(25)26)10-13-3-2-4-14(20)9-13/h2-9,16-17,23-24H,10-11H2,1H3,(H,25,26). The average molecular weight is 400 g/mol. The minimum atomic E-state index is -4.30. The number of aliphatic carboxylic acids is 1. The maximum absolute atomic E-state index is 13.9. The third kappa shape index (κ3) is 5.63. The van der Waals surface area contributed by atoms with Crippen LogP contribution in [0.25, 0.3) is 0 Å². The molecule has 2 rings (SSSR count). The molecule has 2 atom stereocenters. The number of hydrogen-bond donors (Lipinski definition) is 3. The third-order valence-electron chi connectivity index (χ3n) is 4.11. The summed E-state index contributed by atoms with van der Waals surface area (Å²) < 4.78 is 32.8. The average Bonchev–Trinajstić information content (AvgIpc) is 2.64. The summed E-state index contributed by atoms with van der Waals surface area (Å²) in [6.45, 7) is 0.155. The molecule has 0 bridgehead atoms. The molecule has 5 nitrogen and oxygen atoms in total. The second-order valence-electron chi connectivity index (χ2n) is 6.04. The van der Waals surface area contributed by atoms with Gasteiger partial charge in [-0.2, -0.15) is 8.78 Å². The van der Waals surface area contributed by atoms with Crippen LogP contribution in [0.5, 0.6) is 5.75 Å². The monoisotopic (exact) mass is 399 g/mol. The number of methoxy groups -OCH3 is 1. The van der Waals surface area contributed by atoms with Crippen LogP contribution in [0, 0.1) is 0 Å². The molecular formula is C19H20ClF2NO4. The Morgan fingerprint density at radius 3 is 2.44 bits per heavy atom. The lowest BCUT2D eigenvalue weighted by Gasteiger charge is -2.28. The van der Waals surface area contributed by atoms with Crippen LogP contribution in [0.2, 0.25) is 5.02 Å². The van der Waals surface area contributed by atoms with Gasteiger partial charge in [0.1, 0.15) is 11.9 Å². The van der Waals surface area contributed by atoms with Gasteiger partial charge in [-0.15, -0.1) is 0 Å². The van der Waals surface area contributed by atoms with Gasteiger partial charge in [0.2, 0.25) is 0 Å². The van der Waals surface area contributed by atoms with Crippen molar-refractivity contribution in [3.05, 3.63) is 64.7 Å². The van der Waals surface area contributed by atoms with Crippen molar-refractivity contribution >= 4 is 17.6 Å². The van der Waals surface area contributed by atoms with Crippen LogP contribution in [-0.4, -0.2) is 41.4 Å². The fourth-order valence-electron chi connectivity index (χ4n) is 2.58. The first-order chi connectivity index (χ1) is 12.7. The first kappa shape index (κ1) is 21.1. The summed E-state index contributed by atoms with van der Waals surface area (Å²) in [6.07, 6.45) is -2.45. The zero-order valence-electron chi connectivity index (χ0n) is 14.5. The first-order valence-electron chi connectivity index (χ1n) is 8.14. The number of rotatable bonds is 9. The fourth-order valence-corrected chi connectivity index (χ4v) is 2.80. The van der Waals surface area contributed by atoms with Gasteiger partial charge < -0.3 is 20.3 Å². The van der Waals surface area contributed by atoms with Gasteiger partial charge in [-0.1, -0.05) is 35.9 Å². The molecule has 0 spiro atoms. The Labute approximate surface area is 160 Å². The number of halogens is 3. The van der Waals surface area contributed by atoms with E-state index in [0.717, 1.165) is 5.56 Å². The maximum atomic E-state index is 13.9. The number of aliphatic hydroxyl groups excluding tert-OH is 1. The summed E-state index contributed by atoms with van der Waals surface area (Å²) in [7, 11) is 1.53. The van der Waals surface area contributed by atoms with Crippen molar-refractivity contribution in [1.82, 2.24) is 5.32 Å². The molecular weight excluding hydrogens is 380 g/mol. The summed E-state index contributed by atoms with van der Waals surface area (Å²) in [5.41, 5.74) is 1.35. The molecule has 0 aliphatic heterocycles. The quantitative estimate of drug-likeness (QED) is 0.603. The Morgan fingerprint density at radius 1 is 1.22 bits per heavy atom. The normalized spacial score (nSPS) is 13.8. The zero-order chi connectivity index (χ0) is 20.0. The number of hydrogen-bond acceptors (Lipinski definition) is 4. The van der Waals surface area contributed by atoms with Crippen molar-refractivity contribution in [2.75, 3.05) is 7.11 Å². The van der Waals surface area contributed by atoms with Gasteiger partial charge in [0, 0.05) is 17.6 Å². The van der Waals surface area contributed by atoms with Crippen LogP contribution in [0.3, 0.4) is 0 Å². The lowest BCUT2D eigenvalue weighted by Crippen LogP contribution is -2.54. The lowest BCUT2D eigenvalue weighted by atomic mass is 9.96. The Kier molecular flexibility index (Phi) is 7.12. The summed E-state index contributed by atoms with van der Waals surface area (Å²) >= 11 is 5.91. The highest BCUT2D eigenvalue weighted by Crippen LogP contribution is 2.24. The first-order valence-corrected chi connectivity index (χ1v) is 8.52. The van der Waals surface area contributed by atoms with E-state index in [0.29, 0.717) is 16.3 Å². The molecule has 0 amide bonds. The van der Waals surface area contributed by atoms with E-state index in [4.69, 9.17) is 21.4 Å². The SMILES string of the molecule is COc1ccc(CNC(Cc2cccc(Cl)c2)C(O)C(F)(F)C(=O)O)cc1. The van der Waals surface area contributed by atoms with Gasteiger partial charge in [-0.05, 0) is 41.8 Å². The van der Waals surface area contributed by atoms with Crippen molar-refractivity contribution in [1.29, 1.82) is 0 Å². The molecule has 2 aromatic rings. The van der Waals surface area contributed by atoms with Crippen molar-refractivity contribution in [2.45, 2.75) is 31.0 Å². The van der Waals surface area contributed by atoms with E-state index in [2.05, 4.69) is 5.32 Å². The van der Waals surface area contributed by atoms with Gasteiger partial charge in [-0.25, -0.2) is 4.79 Å². The maximum Gasteiger partial charge on any atom is 0.377 e. The molecule has 0 saturated heterocycles. The Morgan fingerprint density at radius 2 is 1.89 bits per heavy atom. The topological polar surface area (TPSA) is 78.8 Å². The molecule has 0 aromatic heterocycles. The van der Waals surface area contributed by atoms with E-state index in [1.165, 1.54) is 7.11 Å². The number of ether oxygens (including phenoxy) is 1. The van der Waals surface area contributed by atoms with Crippen LogP contribution in [0.4, 0.5) is 8.78 Å². The Bertz CT molecular complexity index is 771. The molecule has 2 aromatic carbocycles. The number of carbonyl (C=O) groups is 1. The molecule has 0 saturated carbocycles. The van der Waals surface area contributed by atoms with Crippen LogP contribution in [-0.2, 0) is 17.8 Å². The van der Waals surface area contributed by atoms with Gasteiger partial charge in [0.15, 0.2) is 0 Å². The highest BCUT2D eigenvalue weighted by molar-refractivity contribution is 6.30. The molecule has 27 heavy (non-hydrogen) atoms. The highest BCUT2D eigenvalue weighted by Gasteiger charge is 2.50. The number of nitrogens with one attached hydrogen (secondary N) is 1. The van der Waals surface area contributed by atoms with Crippen LogP contribution in [0.1, 0.15) is 11.1 Å². The number of carboxylic acids is 1. The van der Waals surface area contributed by atoms with E-state index in [1.54, 1.807) is 48.5 Å². The van der Waals surface area contributed by atoms with Crippen LogP contribution in [0.15, 0.2) is 48.5 Å². The summed E-state index contributed by atoms with van der Waals surface area (Å²) in [5.74, 6) is -6.03. The molecule has 3 N–H and O–H groups in total. The van der Waals surface area contributed by atoms with Gasteiger partial charge in [0.05, 0.1) is 7.11 Å². The molecule has 0 fully saturated rings. The fraction of sp³-hybridized carbons (Fsp3) is 0.316. The summed E-state index contributed by atoms with van der Waals surface area (Å²) in [6, 6.07) is 12.2. The number of alkyl halides is 2. The summed E-state index contributed by atoms with van der Waals surface area (Å²) in [5, 5.41) is 22.0. The Hall–Kier alpha value is -2.22. The number of aliphatic hydroxyl groups is 1. The van der Waals surface area contributed by atoms with Gasteiger partial charge >= 0.3 is 11.9 Å². The molecule has 0 aliphatic carbocycles. The minimum Gasteiger partial charge on any atom is -0.497 e. The molecule has 0 radical (unpaired) electrons. The van der Waals surface area contributed by atoms with E-state index < -0.39 is 24.0 Å². The second kappa shape index (κ2) is 9.12. The molecule has 0 aliphatic rings. The number of carboxylic acid groups (broad SMARTS) is 1. The molecule has 0 heterocycles. The van der Waals surface area contributed by atoms with E-state index in [1.807, 2.05) is 0 Å². The highest BCUT2D eigenvalue weighted by atomic mass is 35.5.